The van der Waals surface area contributed by atoms with E-state index in [0.717, 1.165) is 28.2 Å². The number of fused-ring (bicyclic) bond motifs is 8. The Balaban J connectivity index is 0.972. The van der Waals surface area contributed by atoms with Crippen molar-refractivity contribution in [2.24, 2.45) is 0 Å². The van der Waals surface area contributed by atoms with Crippen molar-refractivity contribution in [2.45, 2.75) is 5.41 Å². The fourth-order valence-electron chi connectivity index (χ4n) is 12.0. The lowest BCUT2D eigenvalue weighted by Gasteiger charge is -2.35. The highest BCUT2D eigenvalue weighted by molar-refractivity contribution is 6.11. The summed E-state index contributed by atoms with van der Waals surface area (Å²) in [7, 11) is 0. The molecule has 1 aliphatic rings. The molecule has 2 nitrogen and oxygen atoms in total. The molecule has 0 aliphatic heterocycles. The molecule has 1 heterocycles. The Morgan fingerprint density at radius 3 is 1.66 bits per heavy atom. The van der Waals surface area contributed by atoms with Gasteiger partial charge in [-0.3, -0.25) is 0 Å². The molecule has 0 N–H and O–H groups in total. The topological polar surface area (TPSA) is 8.17 Å². The van der Waals surface area contributed by atoms with Crippen LogP contribution in [0.2, 0.25) is 0 Å². The maximum absolute atomic E-state index is 2.55. The van der Waals surface area contributed by atoms with E-state index in [2.05, 4.69) is 289 Å². The molecule has 0 saturated carbocycles. The second-order valence-electron chi connectivity index (χ2n) is 18.8. The Bertz CT molecular complexity index is 4140. The molecule has 0 bridgehead atoms. The molecule has 0 unspecified atom stereocenters. The molecule has 0 spiro atoms. The molecular formula is C69H46N2. The van der Waals surface area contributed by atoms with Gasteiger partial charge in [0.15, 0.2) is 0 Å². The van der Waals surface area contributed by atoms with Gasteiger partial charge in [0.25, 0.3) is 0 Å². The van der Waals surface area contributed by atoms with Crippen molar-refractivity contribution < 1.29 is 0 Å². The van der Waals surface area contributed by atoms with Gasteiger partial charge in [0, 0.05) is 33.1 Å². The van der Waals surface area contributed by atoms with E-state index in [-0.39, 0.29) is 0 Å². The maximum atomic E-state index is 2.55. The van der Waals surface area contributed by atoms with Crippen LogP contribution in [0.25, 0.3) is 82.4 Å². The van der Waals surface area contributed by atoms with Crippen LogP contribution >= 0.6 is 0 Å². The first-order valence-electron chi connectivity index (χ1n) is 24.6. The minimum Gasteiger partial charge on any atom is -0.310 e. The lowest BCUT2D eigenvalue weighted by Crippen LogP contribution is -2.29. The van der Waals surface area contributed by atoms with Gasteiger partial charge in [-0.15, -0.1) is 0 Å². The predicted molar refractivity (Wildman–Crippen MR) is 299 cm³/mol. The molecule has 12 aromatic carbocycles. The molecule has 13 aromatic rings. The minimum atomic E-state index is -0.565. The van der Waals surface area contributed by atoms with Crippen molar-refractivity contribution in [3.63, 3.8) is 0 Å². The zero-order valence-electron chi connectivity index (χ0n) is 39.0. The Labute approximate surface area is 413 Å². The molecule has 14 rings (SSSR count). The molecule has 2 heteroatoms. The molecule has 0 atom stereocenters. The van der Waals surface area contributed by atoms with Crippen molar-refractivity contribution in [1.82, 2.24) is 4.57 Å². The summed E-state index contributed by atoms with van der Waals surface area (Å²) in [5, 5.41) is 7.30. The van der Waals surface area contributed by atoms with Gasteiger partial charge in [-0.2, -0.15) is 0 Å². The number of para-hydroxylation sites is 1. The van der Waals surface area contributed by atoms with Crippen molar-refractivity contribution in [3.8, 4) is 39.1 Å². The van der Waals surface area contributed by atoms with E-state index in [0.29, 0.717) is 0 Å². The Kier molecular flexibility index (Phi) is 9.47. The molecule has 1 aromatic heterocycles. The van der Waals surface area contributed by atoms with Crippen LogP contribution in [0.4, 0.5) is 17.1 Å². The number of nitrogens with zero attached hydrogens (tertiary/aromatic N) is 2. The van der Waals surface area contributed by atoms with Gasteiger partial charge in [-0.05, 0) is 115 Å². The third-order valence-corrected chi connectivity index (χ3v) is 15.0. The van der Waals surface area contributed by atoms with Crippen LogP contribution in [-0.2, 0) is 5.41 Å². The average Bonchev–Trinajstić information content (AvgIpc) is 3.94. The molecular weight excluding hydrogens is 857 g/mol. The van der Waals surface area contributed by atoms with Gasteiger partial charge in [0.1, 0.15) is 0 Å². The number of aromatic nitrogens is 1. The van der Waals surface area contributed by atoms with E-state index in [1.165, 1.54) is 93.5 Å². The highest BCUT2D eigenvalue weighted by atomic mass is 15.1. The minimum absolute atomic E-state index is 0.565. The summed E-state index contributed by atoms with van der Waals surface area (Å²) in [6, 6.07) is 103. The fourth-order valence-corrected chi connectivity index (χ4v) is 12.0. The summed E-state index contributed by atoms with van der Waals surface area (Å²) < 4.78 is 2.55. The predicted octanol–water partition coefficient (Wildman–Crippen LogP) is 18.3. The number of hydrogen-bond acceptors (Lipinski definition) is 1. The fraction of sp³-hybridized carbons (Fsp3) is 0.0145. The van der Waals surface area contributed by atoms with Crippen LogP contribution in [-0.4, -0.2) is 4.57 Å². The standard InChI is InChI=1S/C69H46N2/c1-3-25-52(26-4-1)69(53-27-5-2-6-28-53)63-36-15-13-33-59(63)62-35-19-39-66(68(62)69)71-65-37-16-14-34-60(65)61-43-41-51(46-67(61)71)57-31-12-11-30-56(57)50-24-17-29-54(45-50)70(55-42-40-47-20-7-8-22-49(47)44-55)64-38-18-23-48-21-9-10-32-58(48)64/h1-46H. The molecule has 0 fully saturated rings. The lowest BCUT2D eigenvalue weighted by atomic mass is 9.67. The normalized spacial score (nSPS) is 12.6. The number of benzene rings is 12. The SMILES string of the molecule is c1ccc(C2(c3ccccc3)c3ccccc3-c3cccc(-n4c5ccccc5c5ccc(-c6ccccc6-c6cccc(N(c7ccc8ccccc8c7)c7cccc8ccccc78)c6)cc54)c32)cc1. The van der Waals surface area contributed by atoms with Crippen molar-refractivity contribution in [2.75, 3.05) is 4.90 Å². The Morgan fingerprint density at radius 2 is 0.873 bits per heavy atom. The van der Waals surface area contributed by atoms with Gasteiger partial charge < -0.3 is 9.47 Å². The van der Waals surface area contributed by atoms with Crippen LogP contribution < -0.4 is 4.90 Å². The smallest absolute Gasteiger partial charge is 0.0734 e. The highest BCUT2D eigenvalue weighted by Crippen LogP contribution is 2.58. The summed E-state index contributed by atoms with van der Waals surface area (Å²) in [6.45, 7) is 0. The summed E-state index contributed by atoms with van der Waals surface area (Å²) >= 11 is 0. The summed E-state index contributed by atoms with van der Waals surface area (Å²) in [6.07, 6.45) is 0. The molecule has 0 saturated heterocycles. The molecule has 1 aliphatic carbocycles. The second kappa shape index (κ2) is 16.5. The summed E-state index contributed by atoms with van der Waals surface area (Å²) in [5.74, 6) is 0. The van der Waals surface area contributed by atoms with Crippen molar-refractivity contribution >= 4 is 60.4 Å². The van der Waals surface area contributed by atoms with Gasteiger partial charge in [-0.1, -0.05) is 231 Å². The lowest BCUT2D eigenvalue weighted by molar-refractivity contribution is 0.762. The third-order valence-electron chi connectivity index (χ3n) is 15.0. The average molecular weight is 903 g/mol. The van der Waals surface area contributed by atoms with Crippen LogP contribution in [0, 0.1) is 0 Å². The van der Waals surface area contributed by atoms with Gasteiger partial charge in [0.2, 0.25) is 0 Å². The Morgan fingerprint density at radius 1 is 0.310 bits per heavy atom. The zero-order chi connectivity index (χ0) is 46.9. The largest absolute Gasteiger partial charge is 0.310 e. The van der Waals surface area contributed by atoms with E-state index in [1.807, 2.05) is 0 Å². The van der Waals surface area contributed by atoms with Gasteiger partial charge in [-0.25, -0.2) is 0 Å². The maximum Gasteiger partial charge on any atom is 0.0734 e. The van der Waals surface area contributed by atoms with Crippen LogP contribution in [0.5, 0.6) is 0 Å². The van der Waals surface area contributed by atoms with Gasteiger partial charge in [0.05, 0.1) is 27.8 Å². The van der Waals surface area contributed by atoms with E-state index in [9.17, 15) is 0 Å². The second-order valence-corrected chi connectivity index (χ2v) is 18.8. The molecule has 0 amide bonds. The van der Waals surface area contributed by atoms with Crippen molar-refractivity contribution in [1.29, 1.82) is 0 Å². The summed E-state index contributed by atoms with van der Waals surface area (Å²) in [4.78, 5) is 2.42. The van der Waals surface area contributed by atoms with E-state index < -0.39 is 5.41 Å². The molecule has 0 radical (unpaired) electrons. The third kappa shape index (κ3) is 6.35. The van der Waals surface area contributed by atoms with Gasteiger partial charge >= 0.3 is 0 Å². The quantitative estimate of drug-likeness (QED) is 0.147. The summed E-state index contributed by atoms with van der Waals surface area (Å²) in [5.41, 5.74) is 18.6. The van der Waals surface area contributed by atoms with Crippen LogP contribution in [0.15, 0.2) is 279 Å². The monoisotopic (exact) mass is 902 g/mol. The van der Waals surface area contributed by atoms with Crippen molar-refractivity contribution in [3.05, 3.63) is 301 Å². The number of hydrogen-bond donors (Lipinski definition) is 0. The molecule has 332 valence electrons. The first-order chi connectivity index (χ1) is 35.2. The van der Waals surface area contributed by atoms with E-state index >= 15 is 0 Å². The van der Waals surface area contributed by atoms with E-state index in [4.69, 9.17) is 0 Å². The number of rotatable bonds is 8. The highest BCUT2D eigenvalue weighted by Gasteiger charge is 2.48. The number of anilines is 3. The first-order valence-corrected chi connectivity index (χ1v) is 24.6. The van der Waals surface area contributed by atoms with Crippen LogP contribution in [0.1, 0.15) is 22.3 Å². The first kappa shape index (κ1) is 40.8. The zero-order valence-corrected chi connectivity index (χ0v) is 39.0. The Hall–Kier alpha value is -9.24. The molecule has 71 heavy (non-hydrogen) atoms. The van der Waals surface area contributed by atoms with Crippen LogP contribution in [0.3, 0.4) is 0 Å². The van der Waals surface area contributed by atoms with E-state index in [1.54, 1.807) is 0 Å².